The van der Waals surface area contributed by atoms with Gasteiger partial charge in [0.2, 0.25) is 5.78 Å². The van der Waals surface area contributed by atoms with Crippen molar-refractivity contribution in [2.75, 3.05) is 40.5 Å². The highest BCUT2D eigenvalue weighted by Gasteiger charge is 2.85. The number of fused-ring (bicyclic) bond motifs is 1. The molecule has 1 aromatic carbocycles. The van der Waals surface area contributed by atoms with Crippen LogP contribution in [0.25, 0.3) is 0 Å². The maximum Gasteiger partial charge on any atom is 0.350 e. The largest absolute Gasteiger partial charge is 0.463 e. The number of epoxide rings is 1. The molecule has 3 aliphatic carbocycles. The highest BCUT2D eigenvalue weighted by atomic mass is 16.7. The van der Waals surface area contributed by atoms with E-state index in [1.165, 1.54) is 5.57 Å². The Labute approximate surface area is 390 Å². The molecule has 354 valence electrons. The summed E-state index contributed by atoms with van der Waals surface area (Å²) in [5.41, 5.74) is 13.9. The molecular weight excluding hydrogens is 831 g/mol. The standard InChI is InChI=1S/C52H71N9O5/c1-6-57-41-25-35-13-9-12-34-11-7-8-20-50(3,27-33-16-17-43(53)59-29-33)28-37-14-10-15-39-45(37)47(63)52(48(64)65-30-38(41)24-40(34)35)51(66-52,46(39)62)21-18-32(2)23-42(61-49(54)56-5)36-19-22-58-44(26-36)60-31-55-4/h9-10,13-19,25-26,29,34,38,40-43,55,57-60H,6-8,11-12,20-24,27-28,30-31,53H2,1-5H3,(H3,54,56,61)/b32-18+/t34-,38+,40-,41+,42-,43?,50+,51+,52+/m1/s1. The third-order valence-corrected chi connectivity index (χ3v) is 15.0. The Morgan fingerprint density at radius 3 is 2.76 bits per heavy atom. The molecule has 1 unspecified atom stereocenters. The maximum atomic E-state index is 15.5. The molecule has 1 fully saturated rings. The SMILES string of the molecule is CCN[C@H]1C=C2C=CC[C@H]3CCCC[C@@](C)(CC4=CNC(N)C=C4)Cc4cccc5c4C(=O)[C@]4(O[C@@]4(C/C=C(\C)C[C@@H](NC(N)=NC)C4=CCNC(NCNC)=C4)C5=O)C(=O)OC[C@@H]1C[C@@H]23. The summed E-state index contributed by atoms with van der Waals surface area (Å²) in [6, 6.07) is 5.26. The minimum Gasteiger partial charge on any atom is -0.463 e. The number of Topliss-reactive ketones (excluding diaryl/α,β-unsaturated/α-hetero) is 2. The summed E-state index contributed by atoms with van der Waals surface area (Å²) >= 11 is 0. The van der Waals surface area contributed by atoms with E-state index in [0.717, 1.165) is 79.6 Å². The number of aliphatic imine (C=N–C) groups is 1. The number of hydrogen-bond donors (Lipinski definition) is 8. The molecule has 1 saturated heterocycles. The molecule has 66 heavy (non-hydrogen) atoms. The number of cyclic esters (lactones) is 1. The van der Waals surface area contributed by atoms with Crippen molar-refractivity contribution >= 4 is 23.5 Å². The Morgan fingerprint density at radius 2 is 1.98 bits per heavy atom. The van der Waals surface area contributed by atoms with Crippen molar-refractivity contribution in [3.05, 3.63) is 118 Å². The normalized spacial score (nSPS) is 32.5. The summed E-state index contributed by atoms with van der Waals surface area (Å²) < 4.78 is 12.9. The van der Waals surface area contributed by atoms with Gasteiger partial charge in [0, 0.05) is 49.3 Å². The second-order valence-corrected chi connectivity index (χ2v) is 19.8. The van der Waals surface area contributed by atoms with E-state index in [-0.39, 0.29) is 54.0 Å². The molecule has 0 aromatic heterocycles. The van der Waals surface area contributed by atoms with Gasteiger partial charge in [0.15, 0.2) is 17.3 Å². The van der Waals surface area contributed by atoms with Crippen molar-refractivity contribution < 1.29 is 23.9 Å². The summed E-state index contributed by atoms with van der Waals surface area (Å²) in [5, 5.41) is 20.0. The molecule has 0 saturated carbocycles. The van der Waals surface area contributed by atoms with Crippen LogP contribution in [0, 0.1) is 23.2 Å². The number of ether oxygens (including phenoxy) is 2. The number of nitrogens with one attached hydrogen (secondary N) is 6. The number of carbonyl (C=O) groups excluding carboxylic acids is 3. The van der Waals surface area contributed by atoms with E-state index >= 15 is 9.59 Å². The van der Waals surface area contributed by atoms with E-state index in [1.54, 1.807) is 13.1 Å². The fourth-order valence-corrected chi connectivity index (χ4v) is 11.5. The molecule has 10 N–H and O–H groups in total. The van der Waals surface area contributed by atoms with Gasteiger partial charge in [-0.2, -0.15) is 0 Å². The molecule has 1 aromatic rings. The minimum atomic E-state index is -2.12. The number of likely N-dealkylation sites (N-methyl/N-ethyl adjacent to an activating group) is 1. The van der Waals surface area contributed by atoms with E-state index in [2.05, 4.69) is 81.1 Å². The topological polar surface area (TPSA) is 210 Å². The number of nitrogens with zero attached hydrogens (tertiary/aromatic N) is 1. The molecule has 7 aliphatic rings. The van der Waals surface area contributed by atoms with Gasteiger partial charge in [-0.25, -0.2) is 4.79 Å². The van der Waals surface area contributed by atoms with Gasteiger partial charge >= 0.3 is 5.97 Å². The Balaban J connectivity index is 1.16. The number of benzene rings is 1. The van der Waals surface area contributed by atoms with Crippen LogP contribution in [0.15, 0.2) is 106 Å². The fourth-order valence-electron chi connectivity index (χ4n) is 11.5. The van der Waals surface area contributed by atoms with Crippen molar-refractivity contribution in [3.8, 4) is 0 Å². The van der Waals surface area contributed by atoms with Crippen LogP contribution in [0.4, 0.5) is 0 Å². The van der Waals surface area contributed by atoms with Crippen LogP contribution >= 0.6 is 0 Å². The lowest BCUT2D eigenvalue weighted by Crippen LogP contribution is -2.51. The zero-order valence-corrected chi connectivity index (χ0v) is 39.4. The van der Waals surface area contributed by atoms with Gasteiger partial charge in [0.25, 0.3) is 5.60 Å². The number of ketones is 2. The number of rotatable bonds is 13. The average Bonchev–Trinajstić information content (AvgIpc) is 4.02. The van der Waals surface area contributed by atoms with Crippen molar-refractivity contribution in [1.29, 1.82) is 0 Å². The lowest BCUT2D eigenvalue weighted by Gasteiger charge is -2.40. The third kappa shape index (κ3) is 9.47. The first kappa shape index (κ1) is 47.2. The number of nitrogens with two attached hydrogens (primary N) is 2. The summed E-state index contributed by atoms with van der Waals surface area (Å²) in [4.78, 5) is 49.9. The summed E-state index contributed by atoms with van der Waals surface area (Å²) in [6.45, 7) is 8.41. The van der Waals surface area contributed by atoms with Gasteiger partial charge in [-0.3, -0.25) is 14.6 Å². The van der Waals surface area contributed by atoms with Crippen LogP contribution in [-0.4, -0.2) is 93.4 Å². The Morgan fingerprint density at radius 1 is 1.14 bits per heavy atom. The predicted octanol–water partition coefficient (Wildman–Crippen LogP) is 4.84. The second kappa shape index (κ2) is 19.9. The van der Waals surface area contributed by atoms with Crippen LogP contribution in [0.1, 0.15) is 105 Å². The number of carbonyl (C=O) groups is 3. The fraction of sp³-hybridized carbons (Fsp3) is 0.538. The van der Waals surface area contributed by atoms with E-state index in [9.17, 15) is 4.79 Å². The van der Waals surface area contributed by atoms with Crippen molar-refractivity contribution in [2.24, 2.45) is 39.6 Å². The summed E-state index contributed by atoms with van der Waals surface area (Å²) in [7, 11) is 3.51. The average molecular weight is 902 g/mol. The van der Waals surface area contributed by atoms with E-state index in [1.807, 2.05) is 50.5 Å². The number of dihydropyridines is 2. The lowest BCUT2D eigenvalue weighted by molar-refractivity contribution is -0.150. The predicted molar refractivity (Wildman–Crippen MR) is 259 cm³/mol. The first-order chi connectivity index (χ1) is 31.8. The van der Waals surface area contributed by atoms with Gasteiger partial charge in [-0.15, -0.1) is 0 Å². The van der Waals surface area contributed by atoms with Crippen molar-refractivity contribution in [2.45, 2.75) is 114 Å². The van der Waals surface area contributed by atoms with Crippen LogP contribution in [0.2, 0.25) is 0 Å². The number of guanidine groups is 1. The molecule has 1 spiro atoms. The van der Waals surface area contributed by atoms with Gasteiger partial charge in [-0.05, 0) is 117 Å². The van der Waals surface area contributed by atoms with E-state index < -0.39 is 23.0 Å². The first-order valence-electron chi connectivity index (χ1n) is 24.1. The van der Waals surface area contributed by atoms with Gasteiger partial charge in [-0.1, -0.05) is 86.9 Å². The van der Waals surface area contributed by atoms with Gasteiger partial charge < -0.3 is 52.8 Å². The third-order valence-electron chi connectivity index (χ3n) is 15.0. The molecule has 4 bridgehead atoms. The molecule has 14 nitrogen and oxygen atoms in total. The Kier molecular flexibility index (Phi) is 14.2. The lowest BCUT2D eigenvalue weighted by atomic mass is 9.67. The monoisotopic (exact) mass is 902 g/mol. The first-order valence-corrected chi connectivity index (χ1v) is 24.1. The Hall–Kier alpha value is -5.28. The molecule has 0 amide bonds. The van der Waals surface area contributed by atoms with Crippen LogP contribution < -0.4 is 43.4 Å². The van der Waals surface area contributed by atoms with Crippen LogP contribution in [-0.2, 0) is 20.7 Å². The number of hydrogen-bond acceptors (Lipinski definition) is 12. The molecule has 8 rings (SSSR count). The van der Waals surface area contributed by atoms with E-state index in [0.29, 0.717) is 49.4 Å². The van der Waals surface area contributed by atoms with E-state index in [4.69, 9.17) is 20.9 Å². The van der Waals surface area contributed by atoms with Crippen LogP contribution in [0.3, 0.4) is 0 Å². The molecule has 4 heterocycles. The minimum absolute atomic E-state index is 0.00942. The number of allylic oxidation sites excluding steroid dienone is 5. The van der Waals surface area contributed by atoms with Crippen molar-refractivity contribution in [1.82, 2.24) is 31.9 Å². The molecule has 0 radical (unpaired) electrons. The molecule has 9 atom stereocenters. The zero-order valence-electron chi connectivity index (χ0n) is 39.4. The maximum absolute atomic E-state index is 15.5. The highest BCUT2D eigenvalue weighted by molar-refractivity contribution is 6.33. The summed E-state index contributed by atoms with van der Waals surface area (Å²) in [6.07, 6.45) is 26.6. The quantitative estimate of drug-likeness (QED) is 0.0254. The van der Waals surface area contributed by atoms with Crippen molar-refractivity contribution in [3.63, 3.8) is 0 Å². The molecular formula is C52H71N9O5. The van der Waals surface area contributed by atoms with Gasteiger partial charge in [0.1, 0.15) is 5.82 Å². The summed E-state index contributed by atoms with van der Waals surface area (Å²) in [5.74, 6) is 0.322. The van der Waals surface area contributed by atoms with Crippen LogP contribution in [0.5, 0.6) is 0 Å². The molecule has 4 aliphatic heterocycles. The van der Waals surface area contributed by atoms with Gasteiger partial charge in [0.05, 0.1) is 25.5 Å². The number of esters is 1. The highest BCUT2D eigenvalue weighted by Crippen LogP contribution is 2.59. The Bertz CT molecular complexity index is 2310. The molecule has 14 heteroatoms. The zero-order chi connectivity index (χ0) is 46.6. The second-order valence-electron chi connectivity index (χ2n) is 19.8. The smallest absolute Gasteiger partial charge is 0.350 e.